The van der Waals surface area contributed by atoms with E-state index in [1.165, 1.54) is 18.0 Å². The number of nitrogens with zero attached hydrogens (tertiary/aromatic N) is 3. The fourth-order valence-corrected chi connectivity index (χ4v) is 2.66. The van der Waals surface area contributed by atoms with Crippen molar-refractivity contribution < 1.29 is 9.94 Å². The quantitative estimate of drug-likeness (QED) is 0.272. The Kier molecular flexibility index (Phi) is 4.16. The van der Waals surface area contributed by atoms with Crippen molar-refractivity contribution >= 4 is 17.6 Å². The largest absolute Gasteiger partial charge is 0.409 e. The van der Waals surface area contributed by atoms with Crippen LogP contribution in [0, 0.1) is 0 Å². The van der Waals surface area contributed by atoms with E-state index in [-0.39, 0.29) is 11.9 Å². The summed E-state index contributed by atoms with van der Waals surface area (Å²) >= 11 is 1.52. The molecule has 0 aliphatic carbocycles. The predicted molar refractivity (Wildman–Crippen MR) is 64.2 cm³/mol. The normalized spacial score (nSPS) is 20.7. The Hall–Kier alpha value is -1.34. The molecule has 1 aromatic heterocycles. The van der Waals surface area contributed by atoms with Gasteiger partial charge in [0.1, 0.15) is 5.03 Å². The second-order valence-corrected chi connectivity index (χ2v) is 4.69. The van der Waals surface area contributed by atoms with Crippen LogP contribution in [-0.2, 0) is 4.74 Å². The van der Waals surface area contributed by atoms with E-state index in [2.05, 4.69) is 15.4 Å². The van der Waals surface area contributed by atoms with Crippen molar-refractivity contribution in [3.05, 3.63) is 17.8 Å². The van der Waals surface area contributed by atoms with Crippen LogP contribution < -0.4 is 5.73 Å². The average Bonchev–Trinajstić information content (AvgIpc) is 2.89. The van der Waals surface area contributed by atoms with Gasteiger partial charge in [0.25, 0.3) is 0 Å². The van der Waals surface area contributed by atoms with Gasteiger partial charge in [0.2, 0.25) is 0 Å². The number of aromatic nitrogens is 2. The maximum Gasteiger partial charge on any atom is 0.172 e. The van der Waals surface area contributed by atoms with Gasteiger partial charge in [-0.2, -0.15) is 5.10 Å². The van der Waals surface area contributed by atoms with Crippen LogP contribution >= 0.6 is 11.8 Å². The molecule has 1 unspecified atom stereocenters. The molecule has 1 saturated heterocycles. The highest BCUT2D eigenvalue weighted by atomic mass is 32.2. The van der Waals surface area contributed by atoms with Gasteiger partial charge in [-0.05, 0) is 18.9 Å². The smallest absolute Gasteiger partial charge is 0.172 e. The zero-order chi connectivity index (χ0) is 12.1. The first kappa shape index (κ1) is 12.1. The third kappa shape index (κ3) is 3.07. The summed E-state index contributed by atoms with van der Waals surface area (Å²) in [7, 11) is 0. The molecule has 17 heavy (non-hydrogen) atoms. The molecule has 0 saturated carbocycles. The molecule has 1 atom stereocenters. The van der Waals surface area contributed by atoms with E-state index < -0.39 is 0 Å². The molecule has 1 aliphatic heterocycles. The van der Waals surface area contributed by atoms with Crippen LogP contribution in [0.1, 0.15) is 18.4 Å². The molecule has 1 aliphatic rings. The van der Waals surface area contributed by atoms with Crippen LogP contribution in [0.25, 0.3) is 0 Å². The van der Waals surface area contributed by atoms with Gasteiger partial charge in [0, 0.05) is 12.4 Å². The number of nitrogens with two attached hydrogens (primary N) is 1. The first-order valence-corrected chi connectivity index (χ1v) is 6.34. The number of amidine groups is 1. The lowest BCUT2D eigenvalue weighted by molar-refractivity contribution is 0.129. The molecule has 3 N–H and O–H groups in total. The molecule has 0 radical (unpaired) electrons. The monoisotopic (exact) mass is 254 g/mol. The summed E-state index contributed by atoms with van der Waals surface area (Å²) in [6.07, 6.45) is 3.97. The topological polar surface area (TPSA) is 93.6 Å². The Labute approximate surface area is 103 Å². The lowest BCUT2D eigenvalue weighted by Gasteiger charge is -2.09. The molecule has 1 fully saturated rings. The molecule has 2 heterocycles. The van der Waals surface area contributed by atoms with Crippen molar-refractivity contribution in [1.82, 2.24) is 10.2 Å². The third-order valence-corrected chi connectivity index (χ3v) is 3.61. The highest BCUT2D eigenvalue weighted by Gasteiger charge is 2.17. The first-order chi connectivity index (χ1) is 8.31. The van der Waals surface area contributed by atoms with Gasteiger partial charge in [0.05, 0.1) is 17.9 Å². The second-order valence-electron chi connectivity index (χ2n) is 3.68. The van der Waals surface area contributed by atoms with Crippen LogP contribution in [0.3, 0.4) is 0 Å². The van der Waals surface area contributed by atoms with E-state index in [9.17, 15) is 0 Å². The van der Waals surface area contributed by atoms with E-state index in [0.29, 0.717) is 10.6 Å². The van der Waals surface area contributed by atoms with Crippen LogP contribution in [0.2, 0.25) is 0 Å². The van der Waals surface area contributed by atoms with Gasteiger partial charge >= 0.3 is 0 Å². The van der Waals surface area contributed by atoms with Crippen molar-refractivity contribution in [3.8, 4) is 0 Å². The highest BCUT2D eigenvalue weighted by Crippen LogP contribution is 2.24. The number of hydrogen-bond acceptors (Lipinski definition) is 6. The first-order valence-electron chi connectivity index (χ1n) is 5.35. The second kappa shape index (κ2) is 5.83. The molecule has 6 nitrogen and oxygen atoms in total. The van der Waals surface area contributed by atoms with Crippen molar-refractivity contribution in [1.29, 1.82) is 0 Å². The predicted octanol–water partition coefficient (Wildman–Crippen LogP) is 0.842. The fourth-order valence-electron chi connectivity index (χ4n) is 1.62. The van der Waals surface area contributed by atoms with E-state index in [4.69, 9.17) is 15.7 Å². The molecular weight excluding hydrogens is 240 g/mol. The maximum absolute atomic E-state index is 8.67. The van der Waals surface area contributed by atoms with Gasteiger partial charge in [-0.15, -0.1) is 16.9 Å². The minimum atomic E-state index is 0.0507. The van der Waals surface area contributed by atoms with Crippen LogP contribution in [0.4, 0.5) is 0 Å². The van der Waals surface area contributed by atoms with Gasteiger partial charge in [-0.25, -0.2) is 0 Å². The van der Waals surface area contributed by atoms with Crippen LogP contribution in [0.5, 0.6) is 0 Å². The van der Waals surface area contributed by atoms with Crippen molar-refractivity contribution in [2.45, 2.75) is 24.0 Å². The lowest BCUT2D eigenvalue weighted by atomic mass is 10.3. The van der Waals surface area contributed by atoms with Crippen LogP contribution in [-0.4, -0.2) is 39.7 Å². The Morgan fingerprint density at radius 2 is 2.59 bits per heavy atom. The molecule has 0 amide bonds. The lowest BCUT2D eigenvalue weighted by Crippen LogP contribution is -2.16. The van der Waals surface area contributed by atoms with Crippen molar-refractivity contribution in [3.63, 3.8) is 0 Å². The molecule has 92 valence electrons. The number of ether oxygens (including phenoxy) is 1. The third-order valence-electron chi connectivity index (χ3n) is 2.50. The Balaban J connectivity index is 2.04. The molecule has 0 aromatic carbocycles. The Morgan fingerprint density at radius 3 is 3.29 bits per heavy atom. The molecule has 0 spiro atoms. The molecule has 7 heteroatoms. The van der Waals surface area contributed by atoms with E-state index >= 15 is 0 Å². The standard InChI is InChI=1S/C10H14N4O2S/c11-9(14-15)8-3-4-12-13-10(8)17-6-7-2-1-5-16-7/h3-4,7,15H,1-2,5-6H2,(H2,11,14). The van der Waals surface area contributed by atoms with E-state index in [0.717, 1.165) is 25.2 Å². The van der Waals surface area contributed by atoms with Crippen molar-refractivity contribution in [2.24, 2.45) is 10.9 Å². The summed E-state index contributed by atoms with van der Waals surface area (Å²) in [6, 6.07) is 1.68. The van der Waals surface area contributed by atoms with Gasteiger partial charge in [-0.3, -0.25) is 0 Å². The minimum Gasteiger partial charge on any atom is -0.409 e. The average molecular weight is 254 g/mol. The van der Waals surface area contributed by atoms with Crippen LogP contribution in [0.15, 0.2) is 22.4 Å². The summed E-state index contributed by atoms with van der Waals surface area (Å²) in [5.74, 6) is 0.861. The SMILES string of the molecule is N/C(=N/O)c1ccnnc1SCC1CCCO1. The van der Waals surface area contributed by atoms with Gasteiger partial charge in [-0.1, -0.05) is 5.16 Å². The molecular formula is C10H14N4O2S. The zero-order valence-corrected chi connectivity index (χ0v) is 10.1. The van der Waals surface area contributed by atoms with Gasteiger partial charge in [0.15, 0.2) is 5.84 Å². The fraction of sp³-hybridized carbons (Fsp3) is 0.500. The molecule has 1 aromatic rings. The summed E-state index contributed by atoms with van der Waals surface area (Å²) in [5, 5.41) is 20.1. The number of rotatable bonds is 4. The zero-order valence-electron chi connectivity index (χ0n) is 9.24. The summed E-state index contributed by atoms with van der Waals surface area (Å²) in [5.41, 5.74) is 6.17. The minimum absolute atomic E-state index is 0.0507. The maximum atomic E-state index is 8.67. The number of oxime groups is 1. The summed E-state index contributed by atoms with van der Waals surface area (Å²) < 4.78 is 5.52. The molecule has 0 bridgehead atoms. The van der Waals surface area contributed by atoms with E-state index in [1.54, 1.807) is 6.07 Å². The van der Waals surface area contributed by atoms with Crippen molar-refractivity contribution in [2.75, 3.05) is 12.4 Å². The summed E-state index contributed by atoms with van der Waals surface area (Å²) in [6.45, 7) is 0.832. The number of hydrogen-bond donors (Lipinski definition) is 2. The Morgan fingerprint density at radius 1 is 1.71 bits per heavy atom. The molecule has 2 rings (SSSR count). The number of thioether (sulfide) groups is 1. The Bertz CT molecular complexity index is 407. The van der Waals surface area contributed by atoms with Gasteiger partial charge < -0.3 is 15.7 Å². The highest BCUT2D eigenvalue weighted by molar-refractivity contribution is 7.99. The van der Waals surface area contributed by atoms with E-state index in [1.807, 2.05) is 0 Å². The summed E-state index contributed by atoms with van der Waals surface area (Å²) in [4.78, 5) is 0.